The van der Waals surface area contributed by atoms with Crippen LogP contribution >= 0.6 is 0 Å². The van der Waals surface area contributed by atoms with E-state index in [-0.39, 0.29) is 19.0 Å². The van der Waals surface area contributed by atoms with Crippen molar-refractivity contribution in [1.82, 2.24) is 9.55 Å². The largest absolute Gasteiger partial charge is 0.376 e. The Hall–Kier alpha value is -3.26. The van der Waals surface area contributed by atoms with Crippen LogP contribution in [0.25, 0.3) is 0 Å². The number of benzene rings is 2. The van der Waals surface area contributed by atoms with Crippen molar-refractivity contribution in [2.75, 3.05) is 17.2 Å². The number of nitrogens with zero attached hydrogens (tertiary/aromatic N) is 2. The number of rotatable bonds is 7. The summed E-state index contributed by atoms with van der Waals surface area (Å²) in [4.78, 5) is 16.2. The van der Waals surface area contributed by atoms with E-state index in [1.165, 1.54) is 6.07 Å². The van der Waals surface area contributed by atoms with Gasteiger partial charge < -0.3 is 20.9 Å². The molecule has 0 aliphatic carbocycles. The van der Waals surface area contributed by atoms with E-state index in [0.717, 1.165) is 23.3 Å². The molecule has 0 fully saturated rings. The third kappa shape index (κ3) is 4.89. The lowest BCUT2D eigenvalue weighted by Crippen LogP contribution is -2.23. The summed E-state index contributed by atoms with van der Waals surface area (Å²) in [6.45, 7) is 0.828. The van der Waals surface area contributed by atoms with Gasteiger partial charge in [0.25, 0.3) is 0 Å². The average molecular weight is 371 g/mol. The van der Waals surface area contributed by atoms with E-state index in [9.17, 15) is 13.6 Å². The first-order valence-corrected chi connectivity index (χ1v) is 8.31. The van der Waals surface area contributed by atoms with Crippen LogP contribution in [0.1, 0.15) is 11.1 Å². The second-order valence-electron chi connectivity index (χ2n) is 5.96. The van der Waals surface area contributed by atoms with E-state index in [0.29, 0.717) is 17.9 Å². The zero-order valence-electron chi connectivity index (χ0n) is 14.5. The van der Waals surface area contributed by atoms with Gasteiger partial charge in [-0.3, -0.25) is 4.79 Å². The molecule has 0 aliphatic rings. The maximum atomic E-state index is 13.2. The Morgan fingerprint density at radius 1 is 1.15 bits per heavy atom. The Morgan fingerprint density at radius 2 is 2.00 bits per heavy atom. The predicted molar refractivity (Wildman–Crippen MR) is 99.1 cm³/mol. The number of hydrogen-bond donors (Lipinski definition) is 3. The smallest absolute Gasteiger partial charge is 0.243 e. The summed E-state index contributed by atoms with van der Waals surface area (Å²) in [6, 6.07) is 8.99. The van der Waals surface area contributed by atoms with Gasteiger partial charge in [-0.2, -0.15) is 0 Å². The highest BCUT2D eigenvalue weighted by atomic mass is 19.2. The minimum atomic E-state index is -0.973. The highest BCUT2D eigenvalue weighted by molar-refractivity contribution is 5.94. The second-order valence-corrected chi connectivity index (χ2v) is 5.96. The molecule has 1 heterocycles. The van der Waals surface area contributed by atoms with Gasteiger partial charge in [-0.25, -0.2) is 13.8 Å². The van der Waals surface area contributed by atoms with E-state index >= 15 is 0 Å². The van der Waals surface area contributed by atoms with E-state index in [1.807, 2.05) is 22.9 Å². The molecule has 6 nitrogen and oxygen atoms in total. The summed E-state index contributed by atoms with van der Waals surface area (Å²) in [5, 5.41) is 5.53. The number of carbonyl (C=O) groups excluding carboxylic acids is 1. The lowest BCUT2D eigenvalue weighted by molar-refractivity contribution is -0.114. The highest BCUT2D eigenvalue weighted by Crippen LogP contribution is 2.18. The van der Waals surface area contributed by atoms with Gasteiger partial charge in [-0.05, 0) is 29.3 Å². The lowest BCUT2D eigenvalue weighted by Gasteiger charge is -2.13. The molecule has 2 aromatic carbocycles. The first-order chi connectivity index (χ1) is 13.0. The molecule has 27 heavy (non-hydrogen) atoms. The van der Waals surface area contributed by atoms with E-state index < -0.39 is 11.6 Å². The molecule has 8 heteroatoms. The first kappa shape index (κ1) is 18.5. The van der Waals surface area contributed by atoms with Gasteiger partial charge in [-0.15, -0.1) is 0 Å². The zero-order chi connectivity index (χ0) is 19.2. The third-order valence-electron chi connectivity index (χ3n) is 3.96. The lowest BCUT2D eigenvalue weighted by atomic mass is 10.1. The van der Waals surface area contributed by atoms with Crippen LogP contribution in [0.4, 0.5) is 20.2 Å². The van der Waals surface area contributed by atoms with Gasteiger partial charge in [0.05, 0.1) is 12.9 Å². The number of aromatic nitrogens is 2. The molecule has 0 atom stereocenters. The fourth-order valence-corrected chi connectivity index (χ4v) is 2.61. The van der Waals surface area contributed by atoms with Gasteiger partial charge >= 0.3 is 0 Å². The minimum absolute atomic E-state index is 0.0914. The predicted octanol–water partition coefficient (Wildman–Crippen LogP) is 2.72. The van der Waals surface area contributed by atoms with Crippen LogP contribution in [0.5, 0.6) is 0 Å². The molecule has 0 radical (unpaired) electrons. The van der Waals surface area contributed by atoms with Crippen LogP contribution in [-0.4, -0.2) is 22.0 Å². The van der Waals surface area contributed by atoms with Crippen LogP contribution < -0.4 is 16.4 Å². The van der Waals surface area contributed by atoms with Crippen molar-refractivity contribution in [3.63, 3.8) is 0 Å². The molecule has 0 saturated heterocycles. The number of nitrogens with two attached hydrogens (primary N) is 1. The average Bonchev–Trinajstić information content (AvgIpc) is 3.17. The number of halogens is 2. The minimum Gasteiger partial charge on any atom is -0.376 e. The van der Waals surface area contributed by atoms with E-state index in [4.69, 9.17) is 5.73 Å². The molecule has 0 bridgehead atoms. The Labute approximate surface area is 155 Å². The fraction of sp³-hybridized carbons (Fsp3) is 0.158. The summed E-state index contributed by atoms with van der Waals surface area (Å²) in [5.74, 6) is -2.23. The molecular weight excluding hydrogens is 352 g/mol. The highest BCUT2D eigenvalue weighted by Gasteiger charge is 2.09. The third-order valence-corrected chi connectivity index (χ3v) is 3.96. The second kappa shape index (κ2) is 8.41. The molecule has 3 aromatic rings. The van der Waals surface area contributed by atoms with Crippen molar-refractivity contribution in [3.8, 4) is 0 Å². The molecule has 1 amide bonds. The van der Waals surface area contributed by atoms with Crippen LogP contribution in [0.3, 0.4) is 0 Å². The molecule has 140 valence electrons. The van der Waals surface area contributed by atoms with Crippen molar-refractivity contribution >= 4 is 17.3 Å². The molecule has 0 aliphatic heterocycles. The number of imidazole rings is 1. The Kier molecular flexibility index (Phi) is 5.77. The molecule has 0 spiro atoms. The van der Waals surface area contributed by atoms with Crippen LogP contribution in [0.15, 0.2) is 55.1 Å². The fourth-order valence-electron chi connectivity index (χ4n) is 2.61. The molecular formula is C19H19F2N5O. The van der Waals surface area contributed by atoms with Crippen molar-refractivity contribution in [3.05, 3.63) is 77.9 Å². The summed E-state index contributed by atoms with van der Waals surface area (Å²) in [6.07, 6.45) is 5.29. The normalized spacial score (nSPS) is 10.6. The summed E-state index contributed by atoms with van der Waals surface area (Å²) in [7, 11) is 0. The summed E-state index contributed by atoms with van der Waals surface area (Å²) >= 11 is 0. The Morgan fingerprint density at radius 3 is 2.70 bits per heavy atom. The van der Waals surface area contributed by atoms with E-state index in [2.05, 4.69) is 15.6 Å². The molecule has 0 saturated carbocycles. The van der Waals surface area contributed by atoms with Crippen LogP contribution in [0, 0.1) is 11.6 Å². The van der Waals surface area contributed by atoms with Crippen molar-refractivity contribution in [2.24, 2.45) is 5.73 Å². The van der Waals surface area contributed by atoms with Gasteiger partial charge in [0.1, 0.15) is 0 Å². The molecule has 1 aromatic heterocycles. The van der Waals surface area contributed by atoms with Crippen LogP contribution in [0.2, 0.25) is 0 Å². The molecule has 4 N–H and O–H groups in total. The van der Waals surface area contributed by atoms with Crippen molar-refractivity contribution in [2.45, 2.75) is 13.1 Å². The topological polar surface area (TPSA) is 85.0 Å². The quantitative estimate of drug-likeness (QED) is 0.596. The van der Waals surface area contributed by atoms with Gasteiger partial charge in [0, 0.05) is 42.9 Å². The maximum absolute atomic E-state index is 13.2. The van der Waals surface area contributed by atoms with Gasteiger partial charge in [0.15, 0.2) is 11.6 Å². The molecule has 3 rings (SSSR count). The summed E-state index contributed by atoms with van der Waals surface area (Å²) < 4.78 is 28.0. The Balaban J connectivity index is 1.61. The van der Waals surface area contributed by atoms with Crippen molar-refractivity contribution in [1.29, 1.82) is 0 Å². The summed E-state index contributed by atoms with van der Waals surface area (Å²) in [5.41, 5.74) is 8.57. The van der Waals surface area contributed by atoms with Gasteiger partial charge in [0.2, 0.25) is 5.91 Å². The SMILES string of the molecule is NCc1cc(Cn2ccnc2)ccc1NC(=O)CNc1ccc(F)c(F)c1. The Bertz CT molecular complexity index is 928. The van der Waals surface area contributed by atoms with Crippen molar-refractivity contribution < 1.29 is 13.6 Å². The zero-order valence-corrected chi connectivity index (χ0v) is 14.5. The number of hydrogen-bond acceptors (Lipinski definition) is 4. The molecule has 0 unspecified atom stereocenters. The monoisotopic (exact) mass is 371 g/mol. The van der Waals surface area contributed by atoms with Gasteiger partial charge in [-0.1, -0.05) is 12.1 Å². The standard InChI is InChI=1S/C19H19F2N5O/c20-16-3-2-15(8-17(16)21)24-10-19(27)25-18-4-1-13(7-14(18)9-22)11-26-6-5-23-12-26/h1-8,12,24H,9-11,22H2,(H,25,27). The first-order valence-electron chi connectivity index (χ1n) is 8.31. The number of anilines is 2. The van der Waals surface area contributed by atoms with E-state index in [1.54, 1.807) is 18.6 Å². The maximum Gasteiger partial charge on any atom is 0.243 e. The van der Waals surface area contributed by atoms with Crippen LogP contribution in [-0.2, 0) is 17.9 Å². The number of carbonyl (C=O) groups is 1. The number of amides is 1. The number of nitrogens with one attached hydrogen (secondary N) is 2.